The van der Waals surface area contributed by atoms with Crippen molar-refractivity contribution in [1.29, 1.82) is 0 Å². The minimum Gasteiger partial charge on any atom is -0.493 e. The van der Waals surface area contributed by atoms with E-state index in [0.717, 1.165) is 16.7 Å². The van der Waals surface area contributed by atoms with Crippen LogP contribution in [0.3, 0.4) is 0 Å². The van der Waals surface area contributed by atoms with Crippen molar-refractivity contribution in [3.05, 3.63) is 95.3 Å². The molecule has 6 nitrogen and oxygen atoms in total. The van der Waals surface area contributed by atoms with Crippen molar-refractivity contribution in [2.75, 3.05) is 20.8 Å². The van der Waals surface area contributed by atoms with E-state index in [9.17, 15) is 14.0 Å². The number of hydrogen-bond acceptors (Lipinski definition) is 4. The van der Waals surface area contributed by atoms with E-state index in [2.05, 4.69) is 5.32 Å². The Morgan fingerprint density at radius 1 is 0.865 bits per heavy atom. The minimum atomic E-state index is -0.751. The van der Waals surface area contributed by atoms with Gasteiger partial charge in [-0.25, -0.2) is 4.39 Å². The van der Waals surface area contributed by atoms with Gasteiger partial charge in [0.15, 0.2) is 11.5 Å². The Bertz CT molecular complexity index is 1170. The van der Waals surface area contributed by atoms with E-state index in [1.54, 1.807) is 49.5 Å². The van der Waals surface area contributed by atoms with Gasteiger partial charge in [0.25, 0.3) is 0 Å². The summed E-state index contributed by atoms with van der Waals surface area (Å²) in [5.41, 5.74) is 2.40. The van der Waals surface area contributed by atoms with Crippen molar-refractivity contribution in [2.24, 2.45) is 5.92 Å². The van der Waals surface area contributed by atoms with Crippen LogP contribution in [0.25, 0.3) is 0 Å². The van der Waals surface area contributed by atoms with Crippen LogP contribution in [-0.4, -0.2) is 43.5 Å². The predicted octanol–water partition coefficient (Wildman–Crippen LogP) is 4.80. The van der Waals surface area contributed by atoms with E-state index in [-0.39, 0.29) is 36.5 Å². The number of hydrogen-bond donors (Lipinski definition) is 1. The van der Waals surface area contributed by atoms with Crippen LogP contribution in [0.4, 0.5) is 4.39 Å². The normalized spacial score (nSPS) is 11.6. The third-order valence-corrected chi connectivity index (χ3v) is 6.03. The van der Waals surface area contributed by atoms with E-state index in [1.165, 1.54) is 12.1 Å². The van der Waals surface area contributed by atoms with Gasteiger partial charge >= 0.3 is 0 Å². The van der Waals surface area contributed by atoms with Crippen LogP contribution < -0.4 is 14.8 Å². The van der Waals surface area contributed by atoms with Gasteiger partial charge in [0.05, 0.1) is 20.6 Å². The molecule has 0 unspecified atom stereocenters. The average Bonchev–Trinajstić information content (AvgIpc) is 2.90. The summed E-state index contributed by atoms with van der Waals surface area (Å²) in [5.74, 6) is 0.541. The average molecular weight is 507 g/mol. The molecule has 3 aromatic rings. The van der Waals surface area contributed by atoms with Crippen molar-refractivity contribution >= 4 is 11.8 Å². The topological polar surface area (TPSA) is 67.9 Å². The van der Waals surface area contributed by atoms with Crippen molar-refractivity contribution in [3.8, 4) is 11.5 Å². The third-order valence-electron chi connectivity index (χ3n) is 6.03. The molecule has 0 aliphatic carbocycles. The number of halogens is 1. The second kappa shape index (κ2) is 13.4. The summed E-state index contributed by atoms with van der Waals surface area (Å²) in [7, 11) is 3.09. The predicted molar refractivity (Wildman–Crippen MR) is 142 cm³/mol. The van der Waals surface area contributed by atoms with Crippen molar-refractivity contribution in [3.63, 3.8) is 0 Å². The van der Waals surface area contributed by atoms with Crippen molar-refractivity contribution in [1.82, 2.24) is 10.2 Å². The standard InChI is InChI=1S/C30H35FN2O4/c1-21(2)19-32-30(35)26(16-22-8-6-5-7-9-22)33(20-23-10-13-25(31)14-11-23)29(34)18-24-12-15-27(36-3)28(17-24)37-4/h5-15,17,21,26H,16,18-20H2,1-4H3,(H,32,35)/t26-/m0/s1. The number of carbonyl (C=O) groups is 2. The van der Waals surface area contributed by atoms with Gasteiger partial charge in [-0.05, 0) is 46.9 Å². The molecule has 0 fully saturated rings. The molecule has 3 aromatic carbocycles. The summed E-state index contributed by atoms with van der Waals surface area (Å²) in [4.78, 5) is 28.9. The molecule has 0 radical (unpaired) electrons. The van der Waals surface area contributed by atoms with Gasteiger partial charge in [-0.3, -0.25) is 9.59 Å². The summed E-state index contributed by atoms with van der Waals surface area (Å²) in [6.45, 7) is 4.70. The lowest BCUT2D eigenvalue weighted by Crippen LogP contribution is -2.51. The number of methoxy groups -OCH3 is 2. The van der Waals surface area contributed by atoms with Gasteiger partial charge in [-0.2, -0.15) is 0 Å². The number of ether oxygens (including phenoxy) is 2. The Labute approximate surface area is 218 Å². The second-order valence-corrected chi connectivity index (χ2v) is 9.36. The lowest BCUT2D eigenvalue weighted by Gasteiger charge is -2.32. The fraction of sp³-hybridized carbons (Fsp3) is 0.333. The summed E-state index contributed by atoms with van der Waals surface area (Å²) in [6, 6.07) is 20.2. The number of nitrogens with one attached hydrogen (secondary N) is 1. The maximum Gasteiger partial charge on any atom is 0.243 e. The van der Waals surface area contributed by atoms with E-state index >= 15 is 0 Å². The van der Waals surface area contributed by atoms with Gasteiger partial charge in [0.2, 0.25) is 11.8 Å². The van der Waals surface area contributed by atoms with E-state index in [0.29, 0.717) is 24.5 Å². The molecule has 2 amide bonds. The highest BCUT2D eigenvalue weighted by molar-refractivity contribution is 5.89. The van der Waals surface area contributed by atoms with Crippen LogP contribution in [0.5, 0.6) is 11.5 Å². The molecule has 1 atom stereocenters. The quantitative estimate of drug-likeness (QED) is 0.383. The highest BCUT2D eigenvalue weighted by Crippen LogP contribution is 2.28. The Hall–Kier alpha value is -3.87. The first-order valence-electron chi connectivity index (χ1n) is 12.4. The Morgan fingerprint density at radius 2 is 1.51 bits per heavy atom. The van der Waals surface area contributed by atoms with Crippen LogP contribution >= 0.6 is 0 Å². The molecular weight excluding hydrogens is 471 g/mol. The zero-order valence-corrected chi connectivity index (χ0v) is 21.9. The smallest absolute Gasteiger partial charge is 0.243 e. The Morgan fingerprint density at radius 3 is 2.14 bits per heavy atom. The zero-order chi connectivity index (χ0) is 26.8. The van der Waals surface area contributed by atoms with Crippen LogP contribution in [-0.2, 0) is 29.0 Å². The monoisotopic (exact) mass is 506 g/mol. The highest BCUT2D eigenvalue weighted by Gasteiger charge is 2.30. The number of carbonyl (C=O) groups excluding carboxylic acids is 2. The van der Waals surface area contributed by atoms with Crippen molar-refractivity contribution in [2.45, 2.75) is 39.3 Å². The van der Waals surface area contributed by atoms with E-state index < -0.39 is 6.04 Å². The second-order valence-electron chi connectivity index (χ2n) is 9.36. The first-order valence-corrected chi connectivity index (χ1v) is 12.4. The molecule has 37 heavy (non-hydrogen) atoms. The first kappa shape index (κ1) is 27.7. The molecule has 0 heterocycles. The fourth-order valence-corrected chi connectivity index (χ4v) is 4.03. The zero-order valence-electron chi connectivity index (χ0n) is 21.9. The molecule has 3 rings (SSSR count). The highest BCUT2D eigenvalue weighted by atomic mass is 19.1. The first-order chi connectivity index (χ1) is 17.8. The molecule has 0 saturated heterocycles. The van der Waals surface area contributed by atoms with E-state index in [1.807, 2.05) is 44.2 Å². The van der Waals surface area contributed by atoms with Crippen LogP contribution in [0.15, 0.2) is 72.8 Å². The number of benzene rings is 3. The Kier molecular flexibility index (Phi) is 10.1. The van der Waals surface area contributed by atoms with Crippen molar-refractivity contribution < 1.29 is 23.5 Å². The minimum absolute atomic E-state index is 0.0598. The van der Waals surface area contributed by atoms with E-state index in [4.69, 9.17) is 9.47 Å². The number of rotatable bonds is 12. The molecule has 196 valence electrons. The SMILES string of the molecule is COc1ccc(CC(=O)N(Cc2ccc(F)cc2)[C@@H](Cc2ccccc2)C(=O)NCC(C)C)cc1OC. The maximum absolute atomic E-state index is 13.8. The lowest BCUT2D eigenvalue weighted by atomic mass is 10.0. The van der Waals surface area contributed by atoms with Gasteiger partial charge in [-0.1, -0.05) is 62.4 Å². The molecular formula is C30H35FN2O4. The van der Waals surface area contributed by atoms with Gasteiger partial charge < -0.3 is 19.7 Å². The number of amides is 2. The molecule has 7 heteroatoms. The molecule has 0 bridgehead atoms. The summed E-state index contributed by atoms with van der Waals surface area (Å²) in [6.07, 6.45) is 0.411. The molecule has 0 aliphatic rings. The fourth-order valence-electron chi connectivity index (χ4n) is 4.03. The molecule has 0 spiro atoms. The maximum atomic E-state index is 13.8. The van der Waals surface area contributed by atoms with Gasteiger partial charge in [-0.15, -0.1) is 0 Å². The molecule has 0 saturated carbocycles. The largest absolute Gasteiger partial charge is 0.493 e. The third kappa shape index (κ3) is 8.07. The van der Waals surface area contributed by atoms with Crippen LogP contribution in [0.2, 0.25) is 0 Å². The molecule has 1 N–H and O–H groups in total. The molecule has 0 aliphatic heterocycles. The number of nitrogens with zero attached hydrogens (tertiary/aromatic N) is 1. The van der Waals surface area contributed by atoms with Crippen LogP contribution in [0.1, 0.15) is 30.5 Å². The Balaban J connectivity index is 1.96. The lowest BCUT2D eigenvalue weighted by molar-refractivity contribution is -0.140. The van der Waals surface area contributed by atoms with Gasteiger partial charge in [0.1, 0.15) is 11.9 Å². The summed E-state index contributed by atoms with van der Waals surface area (Å²) < 4.78 is 24.3. The van der Waals surface area contributed by atoms with Gasteiger partial charge in [0, 0.05) is 19.5 Å². The summed E-state index contributed by atoms with van der Waals surface area (Å²) >= 11 is 0. The van der Waals surface area contributed by atoms with Crippen LogP contribution in [0, 0.1) is 11.7 Å². The molecule has 0 aromatic heterocycles. The summed E-state index contributed by atoms with van der Waals surface area (Å²) in [5, 5.41) is 3.00.